The van der Waals surface area contributed by atoms with Gasteiger partial charge in [-0.3, -0.25) is 0 Å². The lowest BCUT2D eigenvalue weighted by molar-refractivity contribution is -0.150. The second-order valence-corrected chi connectivity index (χ2v) is 9.79. The topological polar surface area (TPSA) is 83.5 Å². The van der Waals surface area contributed by atoms with E-state index in [1.54, 1.807) is 20.8 Å². The lowest BCUT2D eigenvalue weighted by atomic mass is 10.0. The van der Waals surface area contributed by atoms with E-state index in [2.05, 4.69) is 14.4 Å². The van der Waals surface area contributed by atoms with Crippen LogP contribution in [0, 0.1) is 5.82 Å². The molecule has 0 fully saturated rings. The number of nitrogens with zero attached hydrogens (tertiary/aromatic N) is 1. The molecule has 33 heavy (non-hydrogen) atoms. The molecule has 0 saturated heterocycles. The first-order valence-electron chi connectivity index (χ1n) is 9.73. The molecular weight excluding hydrogens is 471 g/mol. The number of hydrogen-bond acceptors (Lipinski definition) is 6. The van der Waals surface area contributed by atoms with E-state index in [0.717, 1.165) is 30.5 Å². The summed E-state index contributed by atoms with van der Waals surface area (Å²) in [5, 5.41) is 0. The molecule has 0 amide bonds. The van der Waals surface area contributed by atoms with Crippen LogP contribution in [-0.4, -0.2) is 33.0 Å². The van der Waals surface area contributed by atoms with Crippen LogP contribution in [0.25, 0.3) is 0 Å². The van der Waals surface area contributed by atoms with Gasteiger partial charge in [0.15, 0.2) is 0 Å². The van der Waals surface area contributed by atoms with Gasteiger partial charge < -0.3 is 14.0 Å². The van der Waals surface area contributed by atoms with Gasteiger partial charge in [0.05, 0.1) is 12.8 Å². The van der Waals surface area contributed by atoms with Crippen LogP contribution in [0.4, 0.5) is 22.0 Å². The third-order valence-electron chi connectivity index (χ3n) is 4.16. The van der Waals surface area contributed by atoms with Gasteiger partial charge in [0, 0.05) is 16.9 Å². The van der Waals surface area contributed by atoms with E-state index in [9.17, 15) is 31.3 Å². The fraction of sp³-hybridized carbons (Fsp3) is 0.429. The van der Waals surface area contributed by atoms with Crippen molar-refractivity contribution in [1.82, 2.24) is 9.71 Å². The van der Waals surface area contributed by atoms with Crippen LogP contribution in [0.5, 0.6) is 11.5 Å². The van der Waals surface area contributed by atoms with Gasteiger partial charge in [-0.1, -0.05) is 0 Å². The van der Waals surface area contributed by atoms with Gasteiger partial charge in [0.25, 0.3) is 0 Å². The lowest BCUT2D eigenvalue weighted by Gasteiger charge is -2.29. The first-order valence-corrected chi connectivity index (χ1v) is 10.9. The van der Waals surface area contributed by atoms with Crippen LogP contribution < -0.4 is 9.46 Å². The first kappa shape index (κ1) is 26.8. The molecule has 182 valence electrons. The molecule has 0 aliphatic carbocycles. The molecule has 1 N–H and O–H groups in total. The minimum Gasteiger partial charge on any atom is -0.598 e. The SMILES string of the molecule is CCOC(=O)[C@H](F)[C@@H](N[S+]([O-])C(C)(C)C)c1cc(Oc2ccc(C(F)(F)F)nc2)ccc1F. The van der Waals surface area contributed by atoms with Gasteiger partial charge in [-0.25, -0.2) is 18.6 Å². The number of pyridine rings is 1. The summed E-state index contributed by atoms with van der Waals surface area (Å²) >= 11 is -1.89. The summed E-state index contributed by atoms with van der Waals surface area (Å²) < 4.78 is 91.8. The standard InChI is InChI=1S/C21H23F5N2O4S/c1-5-31-19(29)17(23)18(28-33(30)20(2,3)4)14-10-12(6-8-15(14)22)32-13-7-9-16(27-11-13)21(24,25)26/h6-11,17-18,28H,5H2,1-4H3/t17-,18+,33?/m1/s1. The summed E-state index contributed by atoms with van der Waals surface area (Å²) in [6.45, 7) is 6.13. The molecule has 0 bridgehead atoms. The highest BCUT2D eigenvalue weighted by molar-refractivity contribution is 7.90. The van der Waals surface area contributed by atoms with E-state index in [1.807, 2.05) is 0 Å². The lowest BCUT2D eigenvalue weighted by Crippen LogP contribution is -2.46. The zero-order valence-electron chi connectivity index (χ0n) is 18.2. The van der Waals surface area contributed by atoms with Crippen LogP contribution in [0.1, 0.15) is 45.0 Å². The smallest absolute Gasteiger partial charge is 0.433 e. The Morgan fingerprint density at radius 2 is 1.82 bits per heavy atom. The van der Waals surface area contributed by atoms with Crippen molar-refractivity contribution in [3.05, 3.63) is 53.6 Å². The molecule has 1 aromatic heterocycles. The number of rotatable bonds is 8. The monoisotopic (exact) mass is 494 g/mol. The van der Waals surface area contributed by atoms with E-state index in [4.69, 9.17) is 4.74 Å². The Balaban J connectivity index is 2.38. The zero-order valence-corrected chi connectivity index (χ0v) is 19.0. The second-order valence-electron chi connectivity index (χ2n) is 7.79. The van der Waals surface area contributed by atoms with Crippen LogP contribution in [-0.2, 0) is 27.1 Å². The maximum absolute atomic E-state index is 15.0. The highest BCUT2D eigenvalue weighted by Gasteiger charge is 2.39. The van der Waals surface area contributed by atoms with Gasteiger partial charge in [-0.2, -0.15) is 13.2 Å². The Morgan fingerprint density at radius 3 is 2.33 bits per heavy atom. The second kappa shape index (κ2) is 10.7. The predicted octanol–water partition coefficient (Wildman–Crippen LogP) is 5.03. The quantitative estimate of drug-likeness (QED) is 0.315. The van der Waals surface area contributed by atoms with E-state index < -0.39 is 52.0 Å². The van der Waals surface area contributed by atoms with E-state index in [0.29, 0.717) is 6.07 Å². The molecule has 0 saturated carbocycles. The number of esters is 1. The number of carbonyl (C=O) groups is 1. The molecule has 0 spiro atoms. The Kier molecular flexibility index (Phi) is 8.66. The minimum atomic E-state index is -4.63. The summed E-state index contributed by atoms with van der Waals surface area (Å²) in [6.07, 6.45) is -6.21. The number of aromatic nitrogens is 1. The molecule has 1 heterocycles. The zero-order chi connectivity index (χ0) is 25.0. The van der Waals surface area contributed by atoms with Crippen molar-refractivity contribution < 1.29 is 40.8 Å². The Hall–Kier alpha value is -2.44. The number of alkyl halides is 4. The maximum atomic E-state index is 15.0. The Labute approximate surface area is 190 Å². The molecule has 12 heteroatoms. The molecule has 3 atom stereocenters. The van der Waals surface area contributed by atoms with E-state index in [1.165, 1.54) is 6.92 Å². The fourth-order valence-electron chi connectivity index (χ4n) is 2.50. The van der Waals surface area contributed by atoms with Crippen molar-refractivity contribution in [3.63, 3.8) is 0 Å². The molecule has 0 aliphatic heterocycles. The Bertz CT molecular complexity index is 951. The van der Waals surface area contributed by atoms with Crippen LogP contribution in [0.15, 0.2) is 36.5 Å². The van der Waals surface area contributed by atoms with Crippen LogP contribution in [0.3, 0.4) is 0 Å². The number of halogens is 5. The molecular formula is C21H23F5N2O4S. The molecule has 0 radical (unpaired) electrons. The summed E-state index contributed by atoms with van der Waals surface area (Å²) in [5.41, 5.74) is -1.51. The highest BCUT2D eigenvalue weighted by atomic mass is 32.2. The van der Waals surface area contributed by atoms with Crippen LogP contribution in [0.2, 0.25) is 0 Å². The summed E-state index contributed by atoms with van der Waals surface area (Å²) in [7, 11) is 0. The largest absolute Gasteiger partial charge is 0.598 e. The normalized spacial score (nSPS) is 15.0. The average Bonchev–Trinajstić information content (AvgIpc) is 2.72. The number of nitrogens with one attached hydrogen (secondary N) is 1. The van der Waals surface area contributed by atoms with Gasteiger partial charge in [0.1, 0.15) is 33.8 Å². The summed E-state index contributed by atoms with van der Waals surface area (Å²) in [4.78, 5) is 15.3. The van der Waals surface area contributed by atoms with E-state index in [-0.39, 0.29) is 23.7 Å². The summed E-state index contributed by atoms with van der Waals surface area (Å²) in [5.74, 6) is -2.37. The third-order valence-corrected chi connectivity index (χ3v) is 5.74. The fourth-order valence-corrected chi connectivity index (χ4v) is 3.33. The van der Waals surface area contributed by atoms with Gasteiger partial charge in [0.2, 0.25) is 6.17 Å². The number of benzene rings is 1. The first-order chi connectivity index (χ1) is 15.2. The highest BCUT2D eigenvalue weighted by Crippen LogP contribution is 2.33. The van der Waals surface area contributed by atoms with Gasteiger partial charge in [-0.05, 0) is 58.0 Å². The molecule has 1 unspecified atom stereocenters. The Morgan fingerprint density at radius 1 is 1.18 bits per heavy atom. The minimum absolute atomic E-state index is 0.0719. The number of hydrogen-bond donors (Lipinski definition) is 1. The molecule has 1 aromatic carbocycles. The molecule has 6 nitrogen and oxygen atoms in total. The van der Waals surface area contributed by atoms with Crippen molar-refractivity contribution in [2.45, 2.75) is 50.8 Å². The third kappa shape index (κ3) is 7.27. The van der Waals surface area contributed by atoms with E-state index >= 15 is 0 Å². The van der Waals surface area contributed by atoms with Gasteiger partial charge >= 0.3 is 12.1 Å². The van der Waals surface area contributed by atoms with Crippen molar-refractivity contribution in [3.8, 4) is 11.5 Å². The van der Waals surface area contributed by atoms with Crippen molar-refractivity contribution >= 4 is 17.3 Å². The van der Waals surface area contributed by atoms with Crippen molar-refractivity contribution in [2.75, 3.05) is 6.61 Å². The predicted molar refractivity (Wildman–Crippen MR) is 111 cm³/mol. The molecule has 2 rings (SSSR count). The van der Waals surface area contributed by atoms with Crippen molar-refractivity contribution in [2.24, 2.45) is 0 Å². The van der Waals surface area contributed by atoms with Crippen LogP contribution >= 0.6 is 0 Å². The molecule has 0 aliphatic rings. The van der Waals surface area contributed by atoms with Gasteiger partial charge in [-0.15, -0.1) is 4.72 Å². The average molecular weight is 494 g/mol. The number of ether oxygens (including phenoxy) is 2. The molecule has 2 aromatic rings. The van der Waals surface area contributed by atoms with Crippen molar-refractivity contribution in [1.29, 1.82) is 0 Å². The maximum Gasteiger partial charge on any atom is 0.433 e. The number of carbonyl (C=O) groups excluding carboxylic acids is 1. The summed E-state index contributed by atoms with van der Waals surface area (Å²) in [6, 6.07) is 3.16.